The van der Waals surface area contributed by atoms with Crippen LogP contribution in [0.5, 0.6) is 0 Å². The number of rotatable bonds is 3. The van der Waals surface area contributed by atoms with Gasteiger partial charge in [0.15, 0.2) is 5.54 Å². The first kappa shape index (κ1) is 10.2. The van der Waals surface area contributed by atoms with Gasteiger partial charge in [-0.2, -0.15) is 5.26 Å². The third-order valence-electron chi connectivity index (χ3n) is 4.00. The monoisotopic (exact) mass is 202 g/mol. The Hall–Kier alpha value is -1.35. The van der Waals surface area contributed by atoms with Crippen LogP contribution in [0.15, 0.2) is 5.18 Å². The molecule has 0 saturated heterocycles. The van der Waals surface area contributed by atoms with Crippen molar-refractivity contribution in [3.8, 4) is 18.4 Å². The number of hydrogen-bond acceptors (Lipinski definition) is 3. The Morgan fingerprint density at radius 1 is 1.40 bits per heavy atom. The van der Waals surface area contributed by atoms with Crippen molar-refractivity contribution in [3.63, 3.8) is 0 Å². The fraction of sp³-hybridized carbons (Fsp3) is 0.750. The normalized spacial score (nSPS) is 27.3. The van der Waals surface area contributed by atoms with Crippen molar-refractivity contribution in [3.05, 3.63) is 4.91 Å². The summed E-state index contributed by atoms with van der Waals surface area (Å²) in [4.78, 5) is 11.1. The molecule has 0 aromatic carbocycles. The lowest BCUT2D eigenvalue weighted by Gasteiger charge is -2.31. The van der Waals surface area contributed by atoms with Crippen molar-refractivity contribution in [1.82, 2.24) is 0 Å². The molecule has 2 aliphatic rings. The molecule has 3 heteroatoms. The minimum atomic E-state index is -1.04. The summed E-state index contributed by atoms with van der Waals surface area (Å²) < 4.78 is 0. The molecule has 0 heterocycles. The Morgan fingerprint density at radius 3 is 2.33 bits per heavy atom. The van der Waals surface area contributed by atoms with Gasteiger partial charge in [0.2, 0.25) is 0 Å². The van der Waals surface area contributed by atoms with Gasteiger partial charge in [-0.05, 0) is 30.9 Å². The summed E-state index contributed by atoms with van der Waals surface area (Å²) in [5.41, 5.74) is -1.68. The Labute approximate surface area is 89.8 Å². The summed E-state index contributed by atoms with van der Waals surface area (Å²) in [6.07, 6.45) is 11.1. The second-order valence-electron chi connectivity index (χ2n) is 4.68. The van der Waals surface area contributed by atoms with Gasteiger partial charge in [-0.15, -0.1) is 11.3 Å². The van der Waals surface area contributed by atoms with E-state index in [2.05, 4.69) is 17.2 Å². The van der Waals surface area contributed by atoms with Crippen LogP contribution in [-0.2, 0) is 0 Å². The van der Waals surface area contributed by atoms with Crippen molar-refractivity contribution in [2.24, 2.45) is 16.5 Å². The smallest absolute Gasteiger partial charge is 0.183 e. The standard InChI is InChI=1S/C12H14N2O/c1-2-12(14-15,10-5-3-4-6-10)11(9-13)7-8-11/h1,10H,3-8H2. The zero-order chi connectivity index (χ0) is 10.9. The molecule has 0 bridgehead atoms. The topological polar surface area (TPSA) is 53.2 Å². The maximum absolute atomic E-state index is 11.1. The predicted octanol–water partition coefficient (Wildman–Crippen LogP) is 2.62. The summed E-state index contributed by atoms with van der Waals surface area (Å²) in [6, 6.07) is 2.24. The molecule has 78 valence electrons. The zero-order valence-electron chi connectivity index (χ0n) is 8.70. The summed E-state index contributed by atoms with van der Waals surface area (Å²) in [5, 5.41) is 12.4. The lowest BCUT2D eigenvalue weighted by molar-refractivity contribution is 0.267. The second-order valence-corrected chi connectivity index (χ2v) is 4.68. The van der Waals surface area contributed by atoms with E-state index < -0.39 is 11.0 Å². The molecule has 1 atom stereocenters. The van der Waals surface area contributed by atoms with Gasteiger partial charge in [-0.25, -0.2) is 0 Å². The molecular weight excluding hydrogens is 188 g/mol. The van der Waals surface area contributed by atoms with Crippen LogP contribution in [0.4, 0.5) is 0 Å². The molecule has 2 rings (SSSR count). The Kier molecular flexibility index (Phi) is 2.27. The second kappa shape index (κ2) is 3.35. The summed E-state index contributed by atoms with van der Waals surface area (Å²) >= 11 is 0. The molecule has 0 aromatic rings. The zero-order valence-corrected chi connectivity index (χ0v) is 8.70. The maximum atomic E-state index is 11.1. The van der Waals surface area contributed by atoms with E-state index in [4.69, 9.17) is 6.42 Å². The quantitative estimate of drug-likeness (QED) is 0.521. The highest BCUT2D eigenvalue weighted by atomic mass is 16.3. The van der Waals surface area contributed by atoms with Crippen molar-refractivity contribution < 1.29 is 0 Å². The van der Waals surface area contributed by atoms with Crippen LogP contribution in [0.1, 0.15) is 38.5 Å². The van der Waals surface area contributed by atoms with Crippen LogP contribution in [0, 0.1) is 39.9 Å². The van der Waals surface area contributed by atoms with Gasteiger partial charge in [0, 0.05) is 5.92 Å². The Morgan fingerprint density at radius 2 is 2.00 bits per heavy atom. The minimum absolute atomic E-state index is 0.127. The van der Waals surface area contributed by atoms with Crippen LogP contribution in [-0.4, -0.2) is 5.54 Å². The van der Waals surface area contributed by atoms with Gasteiger partial charge < -0.3 is 0 Å². The first-order valence-corrected chi connectivity index (χ1v) is 5.48. The van der Waals surface area contributed by atoms with Gasteiger partial charge in [0.1, 0.15) is 0 Å². The van der Waals surface area contributed by atoms with Gasteiger partial charge >= 0.3 is 0 Å². The molecule has 1 unspecified atom stereocenters. The molecule has 0 radical (unpaired) electrons. The van der Waals surface area contributed by atoms with E-state index in [9.17, 15) is 10.2 Å². The fourth-order valence-electron chi connectivity index (χ4n) is 2.88. The molecular formula is C12H14N2O. The van der Waals surface area contributed by atoms with Crippen LogP contribution in [0.2, 0.25) is 0 Å². The van der Waals surface area contributed by atoms with Gasteiger partial charge in [-0.3, -0.25) is 0 Å². The summed E-state index contributed by atoms with van der Waals surface area (Å²) in [5.74, 6) is 2.69. The van der Waals surface area contributed by atoms with E-state index in [1.807, 2.05) is 0 Å². The average molecular weight is 202 g/mol. The third kappa shape index (κ3) is 1.20. The lowest BCUT2D eigenvalue weighted by atomic mass is 9.72. The molecule has 2 fully saturated rings. The van der Waals surface area contributed by atoms with E-state index in [-0.39, 0.29) is 5.92 Å². The summed E-state index contributed by atoms with van der Waals surface area (Å²) in [7, 11) is 0. The number of terminal acetylenes is 1. The van der Waals surface area contributed by atoms with E-state index in [0.717, 1.165) is 38.5 Å². The minimum Gasteiger partial charge on any atom is -0.198 e. The maximum Gasteiger partial charge on any atom is 0.183 e. The van der Waals surface area contributed by atoms with Crippen LogP contribution < -0.4 is 0 Å². The van der Waals surface area contributed by atoms with E-state index in [1.54, 1.807) is 0 Å². The number of nitroso groups, excluding NO2 is 1. The van der Waals surface area contributed by atoms with E-state index in [1.165, 1.54) is 0 Å². The molecule has 0 aromatic heterocycles. The van der Waals surface area contributed by atoms with Gasteiger partial charge in [0.25, 0.3) is 0 Å². The van der Waals surface area contributed by atoms with Crippen molar-refractivity contribution in [2.45, 2.75) is 44.1 Å². The molecule has 2 saturated carbocycles. The predicted molar refractivity (Wildman–Crippen MR) is 56.6 cm³/mol. The Balaban J connectivity index is 2.37. The van der Waals surface area contributed by atoms with Crippen molar-refractivity contribution >= 4 is 0 Å². The van der Waals surface area contributed by atoms with E-state index in [0.29, 0.717) is 0 Å². The van der Waals surface area contributed by atoms with Crippen LogP contribution in [0.3, 0.4) is 0 Å². The first-order valence-electron chi connectivity index (χ1n) is 5.48. The van der Waals surface area contributed by atoms with E-state index >= 15 is 0 Å². The van der Waals surface area contributed by atoms with Gasteiger partial charge in [-0.1, -0.05) is 18.8 Å². The molecule has 0 N–H and O–H groups in total. The van der Waals surface area contributed by atoms with Crippen molar-refractivity contribution in [2.75, 3.05) is 0 Å². The molecule has 0 aliphatic heterocycles. The number of hydrogen-bond donors (Lipinski definition) is 0. The highest BCUT2D eigenvalue weighted by molar-refractivity contribution is 5.35. The van der Waals surface area contributed by atoms with Crippen LogP contribution >= 0.6 is 0 Å². The molecule has 2 aliphatic carbocycles. The number of nitriles is 1. The van der Waals surface area contributed by atoms with Crippen molar-refractivity contribution in [1.29, 1.82) is 5.26 Å². The highest BCUT2D eigenvalue weighted by Gasteiger charge is 2.64. The first-order chi connectivity index (χ1) is 7.24. The third-order valence-corrected chi connectivity index (χ3v) is 4.00. The van der Waals surface area contributed by atoms with Crippen LogP contribution in [0.25, 0.3) is 0 Å². The molecule has 0 spiro atoms. The largest absolute Gasteiger partial charge is 0.198 e. The molecule has 3 nitrogen and oxygen atoms in total. The highest BCUT2D eigenvalue weighted by Crippen LogP contribution is 2.60. The molecule has 15 heavy (non-hydrogen) atoms. The molecule has 0 amide bonds. The fourth-order valence-corrected chi connectivity index (χ4v) is 2.88. The SMILES string of the molecule is C#CC(N=O)(C1CCCC1)C1(C#N)CC1. The lowest BCUT2D eigenvalue weighted by Crippen LogP contribution is -2.42. The summed E-state index contributed by atoms with van der Waals surface area (Å²) in [6.45, 7) is 0. The van der Waals surface area contributed by atoms with Gasteiger partial charge in [0.05, 0.1) is 11.5 Å². The number of nitrogens with zero attached hydrogens (tertiary/aromatic N) is 2. The Bertz CT molecular complexity index is 353. The average Bonchev–Trinajstić information content (AvgIpc) is 2.89.